The van der Waals surface area contributed by atoms with Gasteiger partial charge in [0.2, 0.25) is 11.8 Å². The molecule has 0 aliphatic carbocycles. The Morgan fingerprint density at radius 1 is 0.861 bits per heavy atom. The van der Waals surface area contributed by atoms with Crippen molar-refractivity contribution in [2.24, 2.45) is 4.99 Å². The highest BCUT2D eigenvalue weighted by molar-refractivity contribution is 6.13. The van der Waals surface area contributed by atoms with Crippen LogP contribution in [0.1, 0.15) is 30.5 Å². The van der Waals surface area contributed by atoms with Crippen molar-refractivity contribution >= 4 is 17.5 Å². The summed E-state index contributed by atoms with van der Waals surface area (Å²) < 4.78 is 32.3. The number of halogens is 2. The molecule has 0 aromatic heterocycles. The van der Waals surface area contributed by atoms with E-state index < -0.39 is 41.8 Å². The van der Waals surface area contributed by atoms with Crippen LogP contribution in [0.15, 0.2) is 83.9 Å². The van der Waals surface area contributed by atoms with E-state index in [0.717, 1.165) is 29.3 Å². The lowest BCUT2D eigenvalue weighted by atomic mass is 10.0. The van der Waals surface area contributed by atoms with E-state index in [1.165, 1.54) is 14.0 Å². The molecule has 3 rings (SSSR count). The van der Waals surface area contributed by atoms with Gasteiger partial charge in [-0.05, 0) is 31.5 Å². The Hall–Kier alpha value is -3.91. The summed E-state index contributed by atoms with van der Waals surface area (Å²) in [7, 11) is 1.52. The third kappa shape index (κ3) is 7.55. The van der Waals surface area contributed by atoms with Gasteiger partial charge in [-0.2, -0.15) is 0 Å². The van der Waals surface area contributed by atoms with E-state index in [1.54, 1.807) is 6.92 Å². The van der Waals surface area contributed by atoms with Crippen molar-refractivity contribution in [1.29, 1.82) is 0 Å². The fourth-order valence-electron chi connectivity index (χ4n) is 3.56. The van der Waals surface area contributed by atoms with Gasteiger partial charge in [0.1, 0.15) is 23.8 Å². The molecule has 0 aliphatic heterocycles. The summed E-state index contributed by atoms with van der Waals surface area (Å²) in [4.78, 5) is 30.2. The van der Waals surface area contributed by atoms with Crippen LogP contribution in [0.5, 0.6) is 0 Å². The predicted octanol–water partition coefficient (Wildman–Crippen LogP) is 4.03. The van der Waals surface area contributed by atoms with Gasteiger partial charge in [-0.3, -0.25) is 14.6 Å². The van der Waals surface area contributed by atoms with Crippen LogP contribution in [-0.2, 0) is 20.7 Å². The van der Waals surface area contributed by atoms with Crippen LogP contribution in [0.2, 0.25) is 0 Å². The average molecular weight is 494 g/mol. The summed E-state index contributed by atoms with van der Waals surface area (Å²) in [6.45, 7) is 3.30. The number of methoxy groups -OCH3 is 1. The number of nitrogens with zero attached hydrogens (tertiary/aromatic N) is 1. The molecule has 0 bridgehead atoms. The number of benzene rings is 3. The molecule has 0 radical (unpaired) electrons. The number of carbonyl (C=O) groups excluding carboxylic acids is 2. The maximum atomic E-state index is 13.4. The van der Waals surface area contributed by atoms with Gasteiger partial charge in [0.05, 0.1) is 18.2 Å². The van der Waals surface area contributed by atoms with Crippen molar-refractivity contribution in [1.82, 2.24) is 10.6 Å². The smallest absolute Gasteiger partial charge is 0.244 e. The number of rotatable bonds is 10. The van der Waals surface area contributed by atoms with Crippen molar-refractivity contribution in [3.8, 4) is 0 Å². The fraction of sp³-hybridized carbons (Fsp3) is 0.250. The Morgan fingerprint density at radius 2 is 1.39 bits per heavy atom. The molecule has 0 heterocycles. The fourth-order valence-corrected chi connectivity index (χ4v) is 3.56. The molecule has 188 valence electrons. The molecule has 0 saturated heterocycles. The largest absolute Gasteiger partial charge is 0.378 e. The molecule has 36 heavy (non-hydrogen) atoms. The van der Waals surface area contributed by atoms with Gasteiger partial charge >= 0.3 is 0 Å². The standard InChI is InChI=1S/C28H29F2N3O3/c1-18(31-25(34)16-20-14-23(29)17-24(30)15-20)28(35)33-27(19(2)36-3)32-26(21-10-6-4-7-11-21)22-12-8-5-9-13-22/h4-15,17-19,27H,16H2,1-3H3,(H,31,34)(H,33,35). The summed E-state index contributed by atoms with van der Waals surface area (Å²) in [6, 6.07) is 21.1. The first-order chi connectivity index (χ1) is 17.3. The minimum atomic E-state index is -0.922. The molecule has 0 saturated carbocycles. The number of aliphatic imine (C=N–C) groups is 1. The first-order valence-electron chi connectivity index (χ1n) is 11.5. The van der Waals surface area contributed by atoms with Crippen LogP contribution in [0, 0.1) is 11.6 Å². The quantitative estimate of drug-likeness (QED) is 0.419. The second kappa shape index (κ2) is 12.7. The summed E-state index contributed by atoms with van der Waals surface area (Å²) in [5.41, 5.74) is 2.59. The molecule has 3 aromatic rings. The number of ether oxygens (including phenoxy) is 1. The van der Waals surface area contributed by atoms with Gasteiger partial charge in [-0.1, -0.05) is 60.7 Å². The van der Waals surface area contributed by atoms with Gasteiger partial charge in [0, 0.05) is 24.3 Å². The molecule has 2 N–H and O–H groups in total. The molecule has 3 atom stereocenters. The lowest BCUT2D eigenvalue weighted by molar-refractivity contribution is -0.129. The van der Waals surface area contributed by atoms with Crippen molar-refractivity contribution in [2.45, 2.75) is 38.6 Å². The van der Waals surface area contributed by atoms with E-state index >= 15 is 0 Å². The van der Waals surface area contributed by atoms with Gasteiger partial charge in [0.15, 0.2) is 0 Å². The monoisotopic (exact) mass is 493 g/mol. The van der Waals surface area contributed by atoms with Crippen molar-refractivity contribution in [3.05, 3.63) is 107 Å². The van der Waals surface area contributed by atoms with Crippen LogP contribution >= 0.6 is 0 Å². The molecule has 8 heteroatoms. The first-order valence-corrected chi connectivity index (χ1v) is 11.5. The average Bonchev–Trinajstić information content (AvgIpc) is 2.86. The van der Waals surface area contributed by atoms with Crippen molar-refractivity contribution in [3.63, 3.8) is 0 Å². The predicted molar refractivity (Wildman–Crippen MR) is 135 cm³/mol. The Morgan fingerprint density at radius 3 is 1.89 bits per heavy atom. The number of nitrogens with one attached hydrogen (secondary N) is 2. The normalized spacial score (nSPS) is 13.2. The van der Waals surface area contributed by atoms with Crippen LogP contribution in [-0.4, -0.2) is 42.9 Å². The summed E-state index contributed by atoms with van der Waals surface area (Å²) >= 11 is 0. The van der Waals surface area contributed by atoms with Gasteiger partial charge in [-0.25, -0.2) is 8.78 Å². The summed E-state index contributed by atoms with van der Waals surface area (Å²) in [5, 5.41) is 5.40. The van der Waals surface area contributed by atoms with Gasteiger partial charge in [-0.15, -0.1) is 0 Å². The third-order valence-corrected chi connectivity index (χ3v) is 5.53. The van der Waals surface area contributed by atoms with Crippen molar-refractivity contribution < 1.29 is 23.1 Å². The maximum Gasteiger partial charge on any atom is 0.244 e. The second-order valence-electron chi connectivity index (χ2n) is 8.35. The lowest BCUT2D eigenvalue weighted by Gasteiger charge is -2.24. The maximum absolute atomic E-state index is 13.4. The van der Waals surface area contributed by atoms with E-state index in [4.69, 9.17) is 9.73 Å². The minimum Gasteiger partial charge on any atom is -0.378 e. The molecule has 3 unspecified atom stereocenters. The highest BCUT2D eigenvalue weighted by Crippen LogP contribution is 2.14. The lowest BCUT2D eigenvalue weighted by Crippen LogP contribution is -2.51. The van der Waals surface area contributed by atoms with Crippen LogP contribution in [0.4, 0.5) is 8.78 Å². The van der Waals surface area contributed by atoms with Gasteiger partial charge < -0.3 is 15.4 Å². The number of amides is 2. The first kappa shape index (κ1) is 26.7. The van der Waals surface area contributed by atoms with Crippen LogP contribution < -0.4 is 10.6 Å². The molecular weight excluding hydrogens is 464 g/mol. The van der Waals surface area contributed by atoms with E-state index in [-0.39, 0.29) is 12.0 Å². The molecule has 0 fully saturated rings. The highest BCUT2D eigenvalue weighted by Gasteiger charge is 2.24. The molecule has 0 spiro atoms. The molecule has 6 nitrogen and oxygen atoms in total. The zero-order chi connectivity index (χ0) is 26.1. The Bertz CT molecular complexity index is 1140. The summed E-state index contributed by atoms with van der Waals surface area (Å²) in [6.07, 6.45) is -1.50. The zero-order valence-electron chi connectivity index (χ0n) is 20.4. The highest BCUT2D eigenvalue weighted by atomic mass is 19.1. The van der Waals surface area contributed by atoms with E-state index in [2.05, 4.69) is 10.6 Å². The van der Waals surface area contributed by atoms with E-state index in [9.17, 15) is 18.4 Å². The zero-order valence-corrected chi connectivity index (χ0v) is 20.4. The van der Waals surface area contributed by atoms with Crippen LogP contribution in [0.25, 0.3) is 0 Å². The second-order valence-corrected chi connectivity index (χ2v) is 8.35. The molecule has 0 aliphatic rings. The van der Waals surface area contributed by atoms with E-state index in [1.807, 2.05) is 60.7 Å². The Labute approximate surface area is 209 Å². The van der Waals surface area contributed by atoms with Crippen molar-refractivity contribution in [2.75, 3.05) is 7.11 Å². The Kier molecular flexibility index (Phi) is 9.41. The topological polar surface area (TPSA) is 79.8 Å². The SMILES string of the molecule is COC(C)C(N=C(c1ccccc1)c1ccccc1)NC(=O)C(C)NC(=O)Cc1cc(F)cc(F)c1. The third-order valence-electron chi connectivity index (χ3n) is 5.53. The van der Waals surface area contributed by atoms with E-state index in [0.29, 0.717) is 5.71 Å². The number of hydrogen-bond acceptors (Lipinski definition) is 4. The molecular formula is C28H29F2N3O3. The van der Waals surface area contributed by atoms with Gasteiger partial charge in [0.25, 0.3) is 0 Å². The summed E-state index contributed by atoms with van der Waals surface area (Å²) in [5.74, 6) is -2.57. The number of hydrogen-bond donors (Lipinski definition) is 2. The molecule has 2 amide bonds. The Balaban J connectivity index is 1.77. The minimum absolute atomic E-state index is 0.170. The van der Waals surface area contributed by atoms with Crippen LogP contribution in [0.3, 0.4) is 0 Å². The molecule has 3 aromatic carbocycles. The number of carbonyl (C=O) groups is 2.